The molecule has 4 aromatic rings. The van der Waals surface area contributed by atoms with Crippen LogP contribution in [0.3, 0.4) is 0 Å². The van der Waals surface area contributed by atoms with Crippen LogP contribution in [-0.4, -0.2) is 87.7 Å². The number of nitrogens with zero attached hydrogens (tertiary/aromatic N) is 5. The fourth-order valence-corrected chi connectivity index (χ4v) is 6.03. The first-order valence-electron chi connectivity index (χ1n) is 15.6. The van der Waals surface area contributed by atoms with Crippen molar-refractivity contribution in [3.05, 3.63) is 83.5 Å². The summed E-state index contributed by atoms with van der Waals surface area (Å²) in [4.78, 5) is 28.5. The molecular weight excluding hydrogens is 591 g/mol. The lowest BCUT2D eigenvalue weighted by Crippen LogP contribution is -2.52. The van der Waals surface area contributed by atoms with Gasteiger partial charge in [-0.25, -0.2) is 9.37 Å². The first kappa shape index (κ1) is 31.6. The van der Waals surface area contributed by atoms with Gasteiger partial charge >= 0.3 is 0 Å². The van der Waals surface area contributed by atoms with E-state index >= 15 is 0 Å². The molecular formula is C34H39FN6O5. The smallest absolute Gasteiger partial charge is 0.281 e. The molecule has 12 heteroatoms. The number of aromatic nitrogens is 3. The molecule has 0 bridgehead atoms. The van der Waals surface area contributed by atoms with Crippen molar-refractivity contribution in [3.63, 3.8) is 0 Å². The average molecular weight is 631 g/mol. The molecule has 2 aromatic carbocycles. The molecule has 1 saturated heterocycles. The fourth-order valence-electron chi connectivity index (χ4n) is 6.03. The van der Waals surface area contributed by atoms with E-state index in [1.54, 1.807) is 37.4 Å². The normalized spacial score (nSPS) is 19.8. The van der Waals surface area contributed by atoms with Crippen LogP contribution in [0.15, 0.2) is 65.9 Å². The number of carbonyl (C=O) groups excluding carboxylic acids is 1. The molecule has 6 rings (SSSR count). The standard InChI is InChI=1S/C34H39FN6O5/c1-22-18-40(19-23(2)46-22)20-34(3,43)21-45-28-11-10-27-29(30(28)44-16-12-24-6-8-26(35)9-7-24)38-33(41-15-14-37-31(27)41)39-32(42)25-5-4-13-36-17-25/h4-11,13,17,22-23,37,43H,12,14-16,18-21H2,1-3H3/t22-,23+,34?. The number of benzene rings is 2. The number of amides is 1. The minimum atomic E-state index is -1.17. The lowest BCUT2D eigenvalue weighted by molar-refractivity contribution is -0.0952. The SMILES string of the molecule is C[C@@H]1CN(CC(C)(O)COc2ccc3c4n(c(=NC(=O)c5cccnc5)nc3c2OCCc2ccc(F)cc2)CCN4)C[C@H](C)O1. The summed E-state index contributed by atoms with van der Waals surface area (Å²) < 4.78 is 33.8. The van der Waals surface area contributed by atoms with Gasteiger partial charge in [0.15, 0.2) is 11.5 Å². The van der Waals surface area contributed by atoms with Crippen molar-refractivity contribution < 1.29 is 28.5 Å². The van der Waals surface area contributed by atoms with Gasteiger partial charge in [-0.15, -0.1) is 0 Å². The third-order valence-corrected chi connectivity index (χ3v) is 7.96. The van der Waals surface area contributed by atoms with Crippen molar-refractivity contribution in [3.8, 4) is 11.5 Å². The van der Waals surface area contributed by atoms with Crippen molar-refractivity contribution in [2.75, 3.05) is 44.7 Å². The van der Waals surface area contributed by atoms with Gasteiger partial charge < -0.3 is 24.6 Å². The van der Waals surface area contributed by atoms with Gasteiger partial charge in [0.1, 0.15) is 29.4 Å². The number of hydrogen-bond donors (Lipinski definition) is 2. The van der Waals surface area contributed by atoms with Crippen molar-refractivity contribution >= 4 is 22.6 Å². The third kappa shape index (κ3) is 7.35. The molecule has 46 heavy (non-hydrogen) atoms. The van der Waals surface area contributed by atoms with E-state index in [-0.39, 0.29) is 36.9 Å². The lowest BCUT2D eigenvalue weighted by Gasteiger charge is -2.38. The van der Waals surface area contributed by atoms with Gasteiger partial charge in [-0.3, -0.25) is 19.2 Å². The second-order valence-electron chi connectivity index (χ2n) is 12.2. The van der Waals surface area contributed by atoms with E-state index in [1.165, 1.54) is 18.3 Å². The van der Waals surface area contributed by atoms with Gasteiger partial charge in [-0.1, -0.05) is 12.1 Å². The highest BCUT2D eigenvalue weighted by atomic mass is 19.1. The van der Waals surface area contributed by atoms with Crippen LogP contribution in [0, 0.1) is 5.82 Å². The Labute approximate surface area is 266 Å². The zero-order valence-electron chi connectivity index (χ0n) is 26.3. The van der Waals surface area contributed by atoms with Gasteiger partial charge in [0.25, 0.3) is 5.91 Å². The summed E-state index contributed by atoms with van der Waals surface area (Å²) in [6.07, 6.45) is 3.72. The number of ether oxygens (including phenoxy) is 3. The summed E-state index contributed by atoms with van der Waals surface area (Å²) in [7, 11) is 0. The maximum atomic E-state index is 13.5. The number of halogens is 1. The zero-order valence-corrected chi connectivity index (χ0v) is 26.3. The zero-order chi connectivity index (χ0) is 32.3. The van der Waals surface area contributed by atoms with E-state index in [1.807, 2.05) is 30.5 Å². The highest BCUT2D eigenvalue weighted by Gasteiger charge is 2.31. The van der Waals surface area contributed by atoms with Crippen LogP contribution in [-0.2, 0) is 17.7 Å². The maximum absolute atomic E-state index is 13.5. The van der Waals surface area contributed by atoms with Crippen LogP contribution in [0.25, 0.3) is 10.9 Å². The van der Waals surface area contributed by atoms with Crippen LogP contribution in [0.2, 0.25) is 0 Å². The molecule has 2 aromatic heterocycles. The summed E-state index contributed by atoms with van der Waals surface area (Å²) in [5.41, 5.74) is 0.778. The molecule has 0 radical (unpaired) electrons. The van der Waals surface area contributed by atoms with Gasteiger partial charge in [-0.05, 0) is 62.7 Å². The second-order valence-corrected chi connectivity index (χ2v) is 12.2. The number of aliphatic hydroxyl groups is 1. The van der Waals surface area contributed by atoms with Crippen LogP contribution in [0.4, 0.5) is 10.2 Å². The van der Waals surface area contributed by atoms with E-state index in [2.05, 4.69) is 20.2 Å². The van der Waals surface area contributed by atoms with Gasteiger partial charge in [-0.2, -0.15) is 4.99 Å². The van der Waals surface area contributed by atoms with Crippen LogP contribution in [0.1, 0.15) is 36.7 Å². The molecule has 11 nitrogen and oxygen atoms in total. The minimum Gasteiger partial charge on any atom is -0.487 e. The van der Waals surface area contributed by atoms with E-state index in [0.717, 1.165) is 29.9 Å². The number of rotatable bonds is 10. The Kier molecular flexibility index (Phi) is 9.29. The van der Waals surface area contributed by atoms with Gasteiger partial charge in [0, 0.05) is 56.9 Å². The van der Waals surface area contributed by atoms with E-state index < -0.39 is 11.5 Å². The van der Waals surface area contributed by atoms with E-state index in [9.17, 15) is 14.3 Å². The number of pyridine rings is 1. The largest absolute Gasteiger partial charge is 0.487 e. The number of carbonyl (C=O) groups is 1. The molecule has 2 aliphatic heterocycles. The monoisotopic (exact) mass is 630 g/mol. The first-order chi connectivity index (χ1) is 22.1. The van der Waals surface area contributed by atoms with Gasteiger partial charge in [0.2, 0.25) is 5.62 Å². The Morgan fingerprint density at radius 2 is 1.93 bits per heavy atom. The lowest BCUT2D eigenvalue weighted by atomic mass is 10.1. The summed E-state index contributed by atoms with van der Waals surface area (Å²) >= 11 is 0. The Balaban J connectivity index is 1.34. The molecule has 2 aliphatic rings. The molecule has 4 heterocycles. The number of morpholine rings is 1. The number of hydrogen-bond acceptors (Lipinski definition) is 9. The first-order valence-corrected chi connectivity index (χ1v) is 15.6. The van der Waals surface area contributed by atoms with Crippen LogP contribution >= 0.6 is 0 Å². The predicted molar refractivity (Wildman–Crippen MR) is 171 cm³/mol. The van der Waals surface area contributed by atoms with Crippen molar-refractivity contribution in [2.45, 2.75) is 51.5 Å². The topological polar surface area (TPSA) is 123 Å². The molecule has 1 amide bonds. The van der Waals surface area contributed by atoms with Crippen molar-refractivity contribution in [2.24, 2.45) is 4.99 Å². The molecule has 2 N–H and O–H groups in total. The summed E-state index contributed by atoms with van der Waals surface area (Å²) in [5.74, 6) is 0.764. The fraction of sp³-hybridized carbons (Fsp3) is 0.412. The summed E-state index contributed by atoms with van der Waals surface area (Å²) in [6, 6.07) is 13.3. The molecule has 3 atom stereocenters. The average Bonchev–Trinajstić information content (AvgIpc) is 3.52. The number of fused-ring (bicyclic) bond motifs is 3. The molecule has 0 saturated carbocycles. The Bertz CT molecular complexity index is 1750. The quantitative estimate of drug-likeness (QED) is 0.271. The molecule has 0 aliphatic carbocycles. The summed E-state index contributed by atoms with van der Waals surface area (Å²) in [5, 5.41) is 15.5. The third-order valence-electron chi connectivity index (χ3n) is 7.96. The molecule has 1 unspecified atom stereocenters. The molecule has 242 valence electrons. The maximum Gasteiger partial charge on any atom is 0.281 e. The Morgan fingerprint density at radius 3 is 2.67 bits per heavy atom. The van der Waals surface area contributed by atoms with Crippen molar-refractivity contribution in [1.82, 2.24) is 19.4 Å². The second kappa shape index (κ2) is 13.5. The Hall–Kier alpha value is -4.39. The number of β-amino-alcohol motifs (C(OH)–C–C–N with tert-alkyl or cyclic N) is 1. The Morgan fingerprint density at radius 1 is 1.15 bits per heavy atom. The molecule has 1 fully saturated rings. The van der Waals surface area contributed by atoms with E-state index in [0.29, 0.717) is 48.6 Å². The van der Waals surface area contributed by atoms with Crippen LogP contribution in [0.5, 0.6) is 11.5 Å². The predicted octanol–water partition coefficient (Wildman–Crippen LogP) is 3.60. The van der Waals surface area contributed by atoms with E-state index in [4.69, 9.17) is 19.2 Å². The highest BCUT2D eigenvalue weighted by molar-refractivity contribution is 5.96. The number of anilines is 1. The minimum absolute atomic E-state index is 0.00160. The molecule has 0 spiro atoms. The summed E-state index contributed by atoms with van der Waals surface area (Å²) in [6.45, 7) is 9.13. The van der Waals surface area contributed by atoms with Crippen LogP contribution < -0.4 is 20.4 Å². The van der Waals surface area contributed by atoms with Gasteiger partial charge in [0.05, 0.1) is 24.4 Å². The number of nitrogens with one attached hydrogen (secondary N) is 1. The van der Waals surface area contributed by atoms with Crippen molar-refractivity contribution in [1.29, 1.82) is 0 Å². The highest BCUT2D eigenvalue weighted by Crippen LogP contribution is 2.38.